The number of rotatable bonds is 0. The van der Waals surface area contributed by atoms with Crippen LogP contribution in [0.2, 0.25) is 0 Å². The lowest BCUT2D eigenvalue weighted by Gasteiger charge is -2.62. The fourth-order valence-electron chi connectivity index (χ4n) is 7.68. The predicted octanol–water partition coefficient (Wildman–Crippen LogP) is 3.26. The van der Waals surface area contributed by atoms with Crippen molar-refractivity contribution in [2.75, 3.05) is 6.61 Å². The number of hydrogen-bond donors (Lipinski definition) is 2. The van der Waals surface area contributed by atoms with E-state index in [9.17, 15) is 10.2 Å². The number of aliphatic hydroxyl groups excluding tert-OH is 2. The van der Waals surface area contributed by atoms with Crippen LogP contribution in [0.5, 0.6) is 0 Å². The second kappa shape index (κ2) is 4.75. The Morgan fingerprint density at radius 1 is 1.04 bits per heavy atom. The van der Waals surface area contributed by atoms with Crippen molar-refractivity contribution in [1.82, 2.24) is 0 Å². The molecular formula is C19H29BrO3. The molecule has 5 rings (SSSR count). The van der Waals surface area contributed by atoms with Crippen molar-refractivity contribution in [3.05, 3.63) is 0 Å². The minimum absolute atomic E-state index is 0.0101. The van der Waals surface area contributed by atoms with Crippen molar-refractivity contribution in [3.63, 3.8) is 0 Å². The topological polar surface area (TPSA) is 49.7 Å². The van der Waals surface area contributed by atoms with Crippen molar-refractivity contribution in [3.8, 4) is 0 Å². The lowest BCUT2D eigenvalue weighted by Crippen LogP contribution is -2.63. The van der Waals surface area contributed by atoms with Crippen LogP contribution in [0.3, 0.4) is 0 Å². The highest BCUT2D eigenvalue weighted by molar-refractivity contribution is 9.10. The predicted molar refractivity (Wildman–Crippen MR) is 91.4 cm³/mol. The minimum Gasteiger partial charge on any atom is -0.393 e. The molecule has 1 heterocycles. The molecule has 130 valence electrons. The first-order valence-electron chi connectivity index (χ1n) is 9.57. The summed E-state index contributed by atoms with van der Waals surface area (Å²) in [5.41, 5.74) is 0.354. The van der Waals surface area contributed by atoms with Gasteiger partial charge >= 0.3 is 0 Å². The maximum absolute atomic E-state index is 10.6. The molecule has 9 atom stereocenters. The first kappa shape index (κ1) is 15.6. The van der Waals surface area contributed by atoms with Gasteiger partial charge in [-0.25, -0.2) is 0 Å². The summed E-state index contributed by atoms with van der Waals surface area (Å²) in [4.78, 5) is 0. The Hall–Kier alpha value is 0.360. The molecule has 4 aliphatic carbocycles. The third kappa shape index (κ3) is 1.72. The van der Waals surface area contributed by atoms with Gasteiger partial charge in [0.05, 0.1) is 29.2 Å². The van der Waals surface area contributed by atoms with Crippen molar-refractivity contribution in [2.24, 2.45) is 28.6 Å². The number of hydrogen-bond acceptors (Lipinski definition) is 3. The van der Waals surface area contributed by atoms with Gasteiger partial charge in [-0.1, -0.05) is 22.9 Å². The number of fused-ring (bicyclic) bond motifs is 3. The molecule has 23 heavy (non-hydrogen) atoms. The van der Waals surface area contributed by atoms with E-state index in [0.717, 1.165) is 45.1 Å². The van der Waals surface area contributed by atoms with E-state index in [1.54, 1.807) is 0 Å². The van der Waals surface area contributed by atoms with Gasteiger partial charge in [0.25, 0.3) is 0 Å². The molecule has 0 amide bonds. The van der Waals surface area contributed by atoms with Crippen LogP contribution in [-0.2, 0) is 4.74 Å². The van der Waals surface area contributed by atoms with E-state index in [1.165, 1.54) is 12.8 Å². The number of halogens is 1. The molecule has 5 aliphatic rings. The summed E-state index contributed by atoms with van der Waals surface area (Å²) in [6.45, 7) is 3.22. The van der Waals surface area contributed by atoms with E-state index >= 15 is 0 Å². The van der Waals surface area contributed by atoms with Crippen LogP contribution in [0.4, 0.5) is 0 Å². The highest BCUT2D eigenvalue weighted by Crippen LogP contribution is 2.72. The molecule has 0 radical (unpaired) electrons. The highest BCUT2D eigenvalue weighted by atomic mass is 79.9. The minimum atomic E-state index is -0.176. The van der Waals surface area contributed by atoms with E-state index in [2.05, 4.69) is 22.9 Å². The summed E-state index contributed by atoms with van der Waals surface area (Å²) in [6.07, 6.45) is 8.55. The van der Waals surface area contributed by atoms with E-state index < -0.39 is 0 Å². The first-order chi connectivity index (χ1) is 10.9. The zero-order chi connectivity index (χ0) is 16.0. The van der Waals surface area contributed by atoms with Crippen LogP contribution in [0.1, 0.15) is 58.3 Å². The molecular weight excluding hydrogens is 356 g/mol. The monoisotopic (exact) mass is 384 g/mol. The van der Waals surface area contributed by atoms with Gasteiger partial charge in [-0.2, -0.15) is 0 Å². The number of aliphatic hydroxyl groups is 2. The Morgan fingerprint density at radius 2 is 1.87 bits per heavy atom. The van der Waals surface area contributed by atoms with Gasteiger partial charge in [0.1, 0.15) is 0 Å². The molecule has 1 aliphatic heterocycles. The van der Waals surface area contributed by atoms with Gasteiger partial charge in [0, 0.05) is 5.41 Å². The molecule has 2 bridgehead atoms. The second-order valence-corrected chi connectivity index (χ2v) is 10.9. The molecule has 0 aromatic heterocycles. The van der Waals surface area contributed by atoms with E-state index in [0.29, 0.717) is 17.8 Å². The van der Waals surface area contributed by atoms with Gasteiger partial charge in [-0.15, -0.1) is 0 Å². The molecule has 0 aromatic rings. The average molecular weight is 385 g/mol. The van der Waals surface area contributed by atoms with Gasteiger partial charge in [-0.3, -0.25) is 0 Å². The summed E-state index contributed by atoms with van der Waals surface area (Å²) in [7, 11) is 0. The molecule has 0 spiro atoms. The molecule has 0 aromatic carbocycles. The summed E-state index contributed by atoms with van der Waals surface area (Å²) in [6, 6.07) is 0. The Labute approximate surface area is 147 Å². The van der Waals surface area contributed by atoms with E-state index in [4.69, 9.17) is 4.74 Å². The smallest absolute Gasteiger partial charge is 0.0738 e. The van der Waals surface area contributed by atoms with Gasteiger partial charge in [0.2, 0.25) is 0 Å². The Morgan fingerprint density at radius 3 is 2.70 bits per heavy atom. The fraction of sp³-hybridized carbons (Fsp3) is 1.00. The standard InChI is InChI=1S/C19H29BrO3/c1-17-6-5-14-12(13(17)2-3-15(17)22)8-16-19(20)9-11(21)4-7-18(14,19)10-23-16/h11-16,21-22H,2-10H2,1H3/t11-,12-,13-,14-,15-,16?,17-,18-,19+/m0/s1. The largest absolute Gasteiger partial charge is 0.393 e. The van der Waals surface area contributed by atoms with Crippen LogP contribution in [0.25, 0.3) is 0 Å². The second-order valence-electron chi connectivity index (χ2n) is 9.47. The molecule has 1 unspecified atom stereocenters. The van der Waals surface area contributed by atoms with Crippen LogP contribution >= 0.6 is 15.9 Å². The lowest BCUT2D eigenvalue weighted by atomic mass is 9.45. The molecule has 5 fully saturated rings. The number of ether oxygens (including phenoxy) is 1. The number of alkyl halides is 1. The van der Waals surface area contributed by atoms with Crippen molar-refractivity contribution < 1.29 is 14.9 Å². The summed E-state index contributed by atoms with van der Waals surface area (Å²) in [5, 5.41) is 20.8. The maximum Gasteiger partial charge on any atom is 0.0738 e. The zero-order valence-corrected chi connectivity index (χ0v) is 15.6. The van der Waals surface area contributed by atoms with Crippen LogP contribution in [0.15, 0.2) is 0 Å². The Bertz CT molecular complexity index is 527. The highest BCUT2D eigenvalue weighted by Gasteiger charge is 2.72. The lowest BCUT2D eigenvalue weighted by molar-refractivity contribution is -0.112. The third-order valence-corrected chi connectivity index (χ3v) is 10.5. The van der Waals surface area contributed by atoms with Crippen LogP contribution in [0, 0.1) is 28.6 Å². The molecule has 4 heteroatoms. The summed E-state index contributed by atoms with van der Waals surface area (Å²) in [5.74, 6) is 2.08. The molecule has 4 saturated carbocycles. The van der Waals surface area contributed by atoms with Gasteiger partial charge in [0.15, 0.2) is 0 Å². The van der Waals surface area contributed by atoms with Gasteiger partial charge < -0.3 is 14.9 Å². The normalized spacial score (nSPS) is 64.2. The Kier molecular flexibility index (Phi) is 3.22. The average Bonchev–Trinajstić information content (AvgIpc) is 2.88. The van der Waals surface area contributed by atoms with Crippen molar-refractivity contribution in [2.45, 2.75) is 80.9 Å². The first-order valence-corrected chi connectivity index (χ1v) is 10.4. The molecule has 2 N–H and O–H groups in total. The third-order valence-electron chi connectivity index (χ3n) is 8.92. The van der Waals surface area contributed by atoms with Crippen LogP contribution in [-0.4, -0.2) is 39.5 Å². The zero-order valence-electron chi connectivity index (χ0n) is 14.0. The van der Waals surface area contributed by atoms with Crippen LogP contribution < -0.4 is 0 Å². The van der Waals surface area contributed by atoms with E-state index in [-0.39, 0.29) is 33.5 Å². The SMILES string of the molecule is C[C@]12CC[C@H]3[C@@H](CC4OC[C@@]35CC[C@H](O)C[C@@]45Br)[C@@H]1CC[C@@H]2O. The Balaban J connectivity index is 1.55. The molecule has 3 nitrogen and oxygen atoms in total. The van der Waals surface area contributed by atoms with Gasteiger partial charge in [-0.05, 0) is 74.5 Å². The summed E-state index contributed by atoms with van der Waals surface area (Å²) >= 11 is 4.12. The van der Waals surface area contributed by atoms with E-state index in [1.807, 2.05) is 0 Å². The fourth-order valence-corrected chi connectivity index (χ4v) is 8.98. The van der Waals surface area contributed by atoms with Crippen molar-refractivity contribution >= 4 is 15.9 Å². The quantitative estimate of drug-likeness (QED) is 0.630. The molecule has 1 saturated heterocycles. The maximum atomic E-state index is 10.6. The van der Waals surface area contributed by atoms with Crippen molar-refractivity contribution in [1.29, 1.82) is 0 Å². The summed E-state index contributed by atoms with van der Waals surface area (Å²) < 4.78 is 6.34.